The lowest BCUT2D eigenvalue weighted by Gasteiger charge is -2.11. The maximum atomic E-state index is 12.3. The van der Waals surface area contributed by atoms with Gasteiger partial charge in [0.05, 0.1) is 11.9 Å². The number of pyridine rings is 1. The summed E-state index contributed by atoms with van der Waals surface area (Å²) in [5.74, 6) is 2.92. The third-order valence-electron chi connectivity index (χ3n) is 2.67. The van der Waals surface area contributed by atoms with Crippen LogP contribution >= 0.6 is 11.8 Å². The van der Waals surface area contributed by atoms with E-state index in [1.807, 2.05) is 11.8 Å². The van der Waals surface area contributed by atoms with Gasteiger partial charge in [-0.05, 0) is 36.0 Å². The third kappa shape index (κ3) is 3.52. The van der Waals surface area contributed by atoms with Crippen LogP contribution in [0.2, 0.25) is 0 Å². The van der Waals surface area contributed by atoms with Crippen molar-refractivity contribution in [3.8, 4) is 0 Å². The first kappa shape index (κ1) is 12.5. The molecule has 2 heterocycles. The Labute approximate surface area is 102 Å². The summed E-state index contributed by atoms with van der Waals surface area (Å²) in [5, 5.41) is 3.12. The van der Waals surface area contributed by atoms with Gasteiger partial charge in [-0.15, -0.1) is 0 Å². The van der Waals surface area contributed by atoms with Crippen LogP contribution in [0, 0.1) is 5.92 Å². The fourth-order valence-corrected chi connectivity index (χ4v) is 2.96. The highest BCUT2D eigenvalue weighted by Crippen LogP contribution is 2.28. The molecule has 1 N–H and O–H groups in total. The molecule has 1 aliphatic rings. The number of thioether (sulfide) groups is 1. The van der Waals surface area contributed by atoms with Gasteiger partial charge < -0.3 is 5.32 Å². The fourth-order valence-electron chi connectivity index (χ4n) is 1.67. The Morgan fingerprint density at radius 1 is 1.41 bits per heavy atom. The van der Waals surface area contributed by atoms with Crippen molar-refractivity contribution in [2.45, 2.75) is 12.6 Å². The molecule has 17 heavy (non-hydrogen) atoms. The number of aromatic nitrogens is 1. The van der Waals surface area contributed by atoms with Gasteiger partial charge in [-0.3, -0.25) is 0 Å². The first-order valence-electron chi connectivity index (χ1n) is 5.40. The van der Waals surface area contributed by atoms with Crippen LogP contribution in [0.4, 0.5) is 18.9 Å². The Morgan fingerprint density at radius 3 is 2.76 bits per heavy atom. The third-order valence-corrected chi connectivity index (χ3v) is 3.90. The number of nitrogens with zero attached hydrogens (tertiary/aromatic N) is 1. The second-order valence-electron chi connectivity index (χ2n) is 4.04. The molecule has 1 aromatic heterocycles. The molecule has 1 aromatic rings. The largest absolute Gasteiger partial charge is 0.433 e. The molecule has 0 bridgehead atoms. The van der Waals surface area contributed by atoms with E-state index in [1.165, 1.54) is 24.4 Å². The van der Waals surface area contributed by atoms with Gasteiger partial charge >= 0.3 is 6.18 Å². The Bertz CT molecular complexity index is 358. The van der Waals surface area contributed by atoms with Crippen LogP contribution in [-0.2, 0) is 6.18 Å². The van der Waals surface area contributed by atoms with Crippen LogP contribution in [0.3, 0.4) is 0 Å². The van der Waals surface area contributed by atoms with Gasteiger partial charge in [0.2, 0.25) is 0 Å². The molecular weight excluding hydrogens is 249 g/mol. The molecule has 2 nitrogen and oxygen atoms in total. The Kier molecular flexibility index (Phi) is 3.81. The standard InChI is InChI=1S/C11H13F3N2S/c12-11(13,14)10-2-1-9(6-16-10)15-5-8-3-4-17-7-8/h1-2,6,8,15H,3-5,7H2. The van der Waals surface area contributed by atoms with Crippen LogP contribution in [-0.4, -0.2) is 23.0 Å². The van der Waals surface area contributed by atoms with E-state index in [2.05, 4.69) is 10.3 Å². The van der Waals surface area contributed by atoms with E-state index in [9.17, 15) is 13.2 Å². The zero-order valence-corrected chi connectivity index (χ0v) is 9.94. The highest BCUT2D eigenvalue weighted by molar-refractivity contribution is 7.99. The highest BCUT2D eigenvalue weighted by atomic mass is 32.2. The summed E-state index contributed by atoms with van der Waals surface area (Å²) in [7, 11) is 0. The van der Waals surface area contributed by atoms with Gasteiger partial charge in [0, 0.05) is 6.54 Å². The van der Waals surface area contributed by atoms with Crippen molar-refractivity contribution in [1.82, 2.24) is 4.98 Å². The predicted octanol–water partition coefficient (Wildman–Crippen LogP) is 3.27. The molecule has 0 spiro atoms. The van der Waals surface area contributed by atoms with Crippen molar-refractivity contribution >= 4 is 17.4 Å². The maximum absolute atomic E-state index is 12.3. The Morgan fingerprint density at radius 2 is 2.24 bits per heavy atom. The van der Waals surface area contributed by atoms with Crippen molar-refractivity contribution < 1.29 is 13.2 Å². The summed E-state index contributed by atoms with van der Waals surface area (Å²) in [6, 6.07) is 2.43. The van der Waals surface area contributed by atoms with Gasteiger partial charge in [-0.1, -0.05) is 0 Å². The van der Waals surface area contributed by atoms with Gasteiger partial charge in [0.1, 0.15) is 5.69 Å². The van der Waals surface area contributed by atoms with Crippen LogP contribution in [0.25, 0.3) is 0 Å². The summed E-state index contributed by atoms with van der Waals surface area (Å²) in [6.45, 7) is 0.806. The van der Waals surface area contributed by atoms with Crippen LogP contribution in [0.5, 0.6) is 0 Å². The quantitative estimate of drug-likeness (QED) is 0.905. The van der Waals surface area contributed by atoms with Gasteiger partial charge in [0.15, 0.2) is 0 Å². The Balaban J connectivity index is 1.89. The van der Waals surface area contributed by atoms with Crippen LogP contribution in [0.15, 0.2) is 18.3 Å². The molecule has 0 aromatic carbocycles. The van der Waals surface area contributed by atoms with Crippen molar-refractivity contribution in [2.24, 2.45) is 5.92 Å². The number of hydrogen-bond donors (Lipinski definition) is 1. The topological polar surface area (TPSA) is 24.9 Å². The lowest BCUT2D eigenvalue weighted by atomic mass is 10.1. The van der Waals surface area contributed by atoms with Crippen molar-refractivity contribution in [1.29, 1.82) is 0 Å². The first-order chi connectivity index (χ1) is 8.05. The molecule has 1 fully saturated rings. The molecule has 0 amide bonds. The van der Waals surface area contributed by atoms with E-state index < -0.39 is 11.9 Å². The molecule has 6 heteroatoms. The number of halogens is 3. The zero-order chi connectivity index (χ0) is 12.3. The molecule has 0 saturated carbocycles. The summed E-state index contributed by atoms with van der Waals surface area (Å²) in [5.41, 5.74) is -0.200. The first-order valence-corrected chi connectivity index (χ1v) is 6.56. The summed E-state index contributed by atoms with van der Waals surface area (Å²) in [4.78, 5) is 3.40. The molecule has 94 valence electrons. The number of alkyl halides is 3. The van der Waals surface area contributed by atoms with Gasteiger partial charge in [0.25, 0.3) is 0 Å². The summed E-state index contributed by atoms with van der Waals surface area (Å²) in [6.07, 6.45) is -1.95. The lowest BCUT2D eigenvalue weighted by Crippen LogP contribution is -2.14. The summed E-state index contributed by atoms with van der Waals surface area (Å²) < 4.78 is 36.8. The van der Waals surface area contributed by atoms with E-state index in [4.69, 9.17) is 0 Å². The molecule has 0 aliphatic carbocycles. The Hall–Kier alpha value is -0.910. The van der Waals surface area contributed by atoms with Gasteiger partial charge in [-0.25, -0.2) is 4.98 Å². The highest BCUT2D eigenvalue weighted by Gasteiger charge is 2.32. The van der Waals surface area contributed by atoms with Crippen LogP contribution in [0.1, 0.15) is 12.1 Å². The normalized spacial score (nSPS) is 20.5. The maximum Gasteiger partial charge on any atom is 0.433 e. The number of anilines is 1. The molecular formula is C11H13F3N2S. The number of rotatable bonds is 3. The van der Waals surface area contributed by atoms with Crippen molar-refractivity contribution in [3.63, 3.8) is 0 Å². The molecule has 1 unspecified atom stereocenters. The monoisotopic (exact) mass is 262 g/mol. The molecule has 0 radical (unpaired) electrons. The molecule has 1 aliphatic heterocycles. The van der Waals surface area contributed by atoms with E-state index in [0.717, 1.165) is 18.4 Å². The molecule has 1 saturated heterocycles. The second kappa shape index (κ2) is 5.16. The minimum atomic E-state index is -4.36. The van der Waals surface area contributed by atoms with Crippen LogP contribution < -0.4 is 5.32 Å². The number of hydrogen-bond acceptors (Lipinski definition) is 3. The molecule has 2 rings (SSSR count). The van der Waals surface area contributed by atoms with E-state index in [-0.39, 0.29) is 0 Å². The van der Waals surface area contributed by atoms with E-state index in [1.54, 1.807) is 0 Å². The van der Waals surface area contributed by atoms with Gasteiger partial charge in [-0.2, -0.15) is 24.9 Å². The second-order valence-corrected chi connectivity index (χ2v) is 5.19. The minimum absolute atomic E-state index is 0.613. The lowest BCUT2D eigenvalue weighted by molar-refractivity contribution is -0.141. The summed E-state index contributed by atoms with van der Waals surface area (Å²) >= 11 is 1.92. The SMILES string of the molecule is FC(F)(F)c1ccc(NCC2CCSC2)cn1. The van der Waals surface area contributed by atoms with E-state index >= 15 is 0 Å². The van der Waals surface area contributed by atoms with E-state index in [0.29, 0.717) is 11.6 Å². The number of nitrogens with one attached hydrogen (secondary N) is 1. The molecule has 1 atom stereocenters. The fraction of sp³-hybridized carbons (Fsp3) is 0.545. The predicted molar refractivity (Wildman–Crippen MR) is 63.2 cm³/mol. The van der Waals surface area contributed by atoms with Crippen molar-refractivity contribution in [3.05, 3.63) is 24.0 Å². The van der Waals surface area contributed by atoms with Crippen molar-refractivity contribution in [2.75, 3.05) is 23.4 Å². The smallest absolute Gasteiger partial charge is 0.383 e. The average Bonchev–Trinajstić information content (AvgIpc) is 2.78. The zero-order valence-electron chi connectivity index (χ0n) is 9.13. The minimum Gasteiger partial charge on any atom is -0.383 e. The average molecular weight is 262 g/mol.